The number of ketones is 1. The number of halogens is 2. The summed E-state index contributed by atoms with van der Waals surface area (Å²) < 4.78 is 26.2. The molecule has 2 nitrogen and oxygen atoms in total. The molecule has 118 valence electrons. The van der Waals surface area contributed by atoms with Gasteiger partial charge in [0.25, 0.3) is 0 Å². The Balaban J connectivity index is 2.86. The lowest BCUT2D eigenvalue weighted by atomic mass is 10.0. The van der Waals surface area contributed by atoms with Crippen molar-refractivity contribution in [2.45, 2.75) is 46.6 Å². The highest BCUT2D eigenvalue weighted by Crippen LogP contribution is 2.14. The maximum atomic E-state index is 13.2. The molecule has 0 saturated heterocycles. The topological polar surface area (TPSA) is 20.3 Å². The molecule has 0 radical (unpaired) electrons. The smallest absolute Gasteiger partial charge is 0.176 e. The molecular weight excluding hydrogens is 272 g/mol. The molecule has 0 aliphatic heterocycles. The molecule has 4 heteroatoms. The summed E-state index contributed by atoms with van der Waals surface area (Å²) >= 11 is 0. The van der Waals surface area contributed by atoms with E-state index in [-0.39, 0.29) is 17.9 Å². The minimum Gasteiger partial charge on any atom is -0.293 e. The minimum absolute atomic E-state index is 0.165. The van der Waals surface area contributed by atoms with Crippen molar-refractivity contribution in [2.24, 2.45) is 5.92 Å². The van der Waals surface area contributed by atoms with Crippen molar-refractivity contribution in [1.82, 2.24) is 4.90 Å². The van der Waals surface area contributed by atoms with Gasteiger partial charge in [-0.2, -0.15) is 0 Å². The molecule has 1 rings (SSSR count). The van der Waals surface area contributed by atoms with E-state index >= 15 is 0 Å². The van der Waals surface area contributed by atoms with Gasteiger partial charge in [0.15, 0.2) is 17.4 Å². The van der Waals surface area contributed by atoms with Gasteiger partial charge in [0, 0.05) is 18.2 Å². The van der Waals surface area contributed by atoms with E-state index in [0.29, 0.717) is 12.0 Å². The van der Waals surface area contributed by atoms with Crippen LogP contribution in [0.25, 0.3) is 0 Å². The highest BCUT2D eigenvalue weighted by atomic mass is 19.2. The van der Waals surface area contributed by atoms with Crippen LogP contribution in [0, 0.1) is 17.6 Å². The first-order valence-electron chi connectivity index (χ1n) is 7.61. The number of hydrogen-bond acceptors (Lipinski definition) is 2. The second kappa shape index (κ2) is 8.23. The van der Waals surface area contributed by atoms with Crippen LogP contribution in [0.1, 0.15) is 50.9 Å². The van der Waals surface area contributed by atoms with Crippen LogP contribution in [0.4, 0.5) is 8.78 Å². The molecule has 0 aliphatic rings. The van der Waals surface area contributed by atoms with Gasteiger partial charge in [-0.05, 0) is 37.0 Å². The quantitative estimate of drug-likeness (QED) is 0.667. The minimum atomic E-state index is -0.973. The Kier molecular flexibility index (Phi) is 6.96. The normalized spacial score (nSPS) is 11.7. The van der Waals surface area contributed by atoms with Crippen LogP contribution in [-0.2, 0) is 0 Å². The summed E-state index contributed by atoms with van der Waals surface area (Å²) in [6.45, 7) is 9.49. The van der Waals surface area contributed by atoms with Gasteiger partial charge in [-0.3, -0.25) is 9.69 Å². The Bertz CT molecular complexity index is 470. The molecule has 0 aromatic heterocycles. The summed E-state index contributed by atoms with van der Waals surface area (Å²) in [5, 5.41) is 0. The third kappa shape index (κ3) is 5.20. The van der Waals surface area contributed by atoms with Crippen LogP contribution in [0.2, 0.25) is 0 Å². The third-order valence-electron chi connectivity index (χ3n) is 3.65. The first-order chi connectivity index (χ1) is 9.88. The molecule has 0 N–H and O–H groups in total. The van der Waals surface area contributed by atoms with Crippen molar-refractivity contribution >= 4 is 5.78 Å². The molecule has 0 heterocycles. The van der Waals surface area contributed by atoms with Crippen molar-refractivity contribution in [1.29, 1.82) is 0 Å². The Morgan fingerprint density at radius 1 is 1.14 bits per heavy atom. The number of carbonyl (C=O) groups is 1. The van der Waals surface area contributed by atoms with E-state index < -0.39 is 11.6 Å². The number of carbonyl (C=O) groups excluding carboxylic acids is 1. The predicted octanol–water partition coefficient (Wildman–Crippen LogP) is 4.29. The maximum absolute atomic E-state index is 13.2. The molecule has 0 bridgehead atoms. The van der Waals surface area contributed by atoms with Crippen LogP contribution in [-0.4, -0.2) is 29.8 Å². The summed E-state index contributed by atoms with van der Waals surface area (Å²) in [6.07, 6.45) is 1.93. The van der Waals surface area contributed by atoms with Crippen molar-refractivity contribution in [3.8, 4) is 0 Å². The lowest BCUT2D eigenvalue weighted by Crippen LogP contribution is -2.40. The summed E-state index contributed by atoms with van der Waals surface area (Å²) in [5.74, 6) is -1.62. The molecule has 0 unspecified atom stereocenters. The van der Waals surface area contributed by atoms with Gasteiger partial charge < -0.3 is 0 Å². The first-order valence-corrected chi connectivity index (χ1v) is 7.61. The summed E-state index contributed by atoms with van der Waals surface area (Å²) in [5.41, 5.74) is 0.230. The highest BCUT2D eigenvalue weighted by molar-refractivity contribution is 5.97. The van der Waals surface area contributed by atoms with Crippen LogP contribution < -0.4 is 0 Å². The van der Waals surface area contributed by atoms with Gasteiger partial charge in [0.2, 0.25) is 0 Å². The van der Waals surface area contributed by atoms with Crippen molar-refractivity contribution in [3.05, 3.63) is 35.4 Å². The van der Waals surface area contributed by atoms with Gasteiger partial charge in [0.05, 0.1) is 6.54 Å². The average Bonchev–Trinajstić information content (AvgIpc) is 2.42. The number of hydrogen-bond donors (Lipinski definition) is 0. The van der Waals surface area contributed by atoms with E-state index in [1.807, 2.05) is 0 Å². The fraction of sp³-hybridized carbons (Fsp3) is 0.588. The van der Waals surface area contributed by atoms with Gasteiger partial charge in [-0.25, -0.2) is 8.78 Å². The molecule has 1 aromatic rings. The third-order valence-corrected chi connectivity index (χ3v) is 3.65. The fourth-order valence-electron chi connectivity index (χ4n) is 2.56. The van der Waals surface area contributed by atoms with Crippen molar-refractivity contribution in [3.63, 3.8) is 0 Å². The van der Waals surface area contributed by atoms with E-state index in [0.717, 1.165) is 31.5 Å². The zero-order valence-electron chi connectivity index (χ0n) is 13.3. The van der Waals surface area contributed by atoms with Gasteiger partial charge in [-0.1, -0.05) is 27.7 Å². The molecule has 0 amide bonds. The van der Waals surface area contributed by atoms with E-state index in [9.17, 15) is 13.6 Å². The molecular formula is C17H25F2NO. The predicted molar refractivity (Wildman–Crippen MR) is 81.5 cm³/mol. The van der Waals surface area contributed by atoms with Crippen LogP contribution in [0.5, 0.6) is 0 Å². The Hall–Kier alpha value is -1.29. The standard InChI is InChI=1S/C17H25F2NO/c1-5-14(6-2)20(10-12(3)4)11-17(21)13-7-8-15(18)16(19)9-13/h7-9,12,14H,5-6,10-11H2,1-4H3. The average molecular weight is 297 g/mol. The summed E-state index contributed by atoms with van der Waals surface area (Å²) in [4.78, 5) is 14.5. The second-order valence-electron chi connectivity index (χ2n) is 5.85. The molecule has 0 atom stereocenters. The molecule has 0 fully saturated rings. The summed E-state index contributed by atoms with van der Waals surface area (Å²) in [6, 6.07) is 3.67. The lowest BCUT2D eigenvalue weighted by Gasteiger charge is -2.31. The first kappa shape index (κ1) is 17.8. The number of Topliss-reactive ketones (excluding diaryl/α,β-unsaturated/α-hetero) is 1. The molecule has 0 saturated carbocycles. The van der Waals surface area contributed by atoms with E-state index in [1.54, 1.807) is 0 Å². The lowest BCUT2D eigenvalue weighted by molar-refractivity contribution is 0.0865. The molecule has 21 heavy (non-hydrogen) atoms. The molecule has 0 aliphatic carbocycles. The summed E-state index contributed by atoms with van der Waals surface area (Å²) in [7, 11) is 0. The number of nitrogens with zero attached hydrogens (tertiary/aromatic N) is 1. The number of rotatable bonds is 8. The van der Waals surface area contributed by atoms with Crippen LogP contribution in [0.15, 0.2) is 18.2 Å². The molecule has 0 spiro atoms. The van der Waals surface area contributed by atoms with Gasteiger partial charge >= 0.3 is 0 Å². The van der Waals surface area contributed by atoms with Crippen molar-refractivity contribution < 1.29 is 13.6 Å². The maximum Gasteiger partial charge on any atom is 0.176 e. The monoisotopic (exact) mass is 297 g/mol. The van der Waals surface area contributed by atoms with E-state index in [2.05, 4.69) is 32.6 Å². The highest BCUT2D eigenvalue weighted by Gasteiger charge is 2.20. The van der Waals surface area contributed by atoms with Crippen LogP contribution >= 0.6 is 0 Å². The Morgan fingerprint density at radius 3 is 2.24 bits per heavy atom. The SMILES string of the molecule is CCC(CC)N(CC(=O)c1ccc(F)c(F)c1)CC(C)C. The zero-order valence-corrected chi connectivity index (χ0v) is 13.3. The number of benzene rings is 1. The Morgan fingerprint density at radius 2 is 1.76 bits per heavy atom. The zero-order chi connectivity index (χ0) is 16.0. The van der Waals surface area contributed by atoms with Crippen LogP contribution in [0.3, 0.4) is 0 Å². The largest absolute Gasteiger partial charge is 0.293 e. The van der Waals surface area contributed by atoms with E-state index in [4.69, 9.17) is 0 Å². The second-order valence-corrected chi connectivity index (χ2v) is 5.85. The fourth-order valence-corrected chi connectivity index (χ4v) is 2.56. The molecule has 1 aromatic carbocycles. The van der Waals surface area contributed by atoms with E-state index in [1.165, 1.54) is 6.07 Å². The van der Waals surface area contributed by atoms with Gasteiger partial charge in [-0.15, -0.1) is 0 Å². The van der Waals surface area contributed by atoms with Gasteiger partial charge in [0.1, 0.15) is 0 Å². The van der Waals surface area contributed by atoms with Crippen molar-refractivity contribution in [2.75, 3.05) is 13.1 Å². The Labute approximate surface area is 126 Å².